The van der Waals surface area contributed by atoms with Crippen LogP contribution in [0.25, 0.3) is 0 Å². The summed E-state index contributed by atoms with van der Waals surface area (Å²) in [6, 6.07) is 0.809. The third-order valence-electron chi connectivity index (χ3n) is 5.42. The Balaban J connectivity index is 1.83. The van der Waals surface area contributed by atoms with Gasteiger partial charge in [-0.15, -0.1) is 0 Å². The standard InChI is InChI=1S/C17H29N3O/c1-12(2)15-10-19-17(7-5-6-8-17)11-20(15)14(4)16-18-9-13(3)21-16/h9,12,14-15,19H,5-8,10-11H2,1-4H3. The minimum Gasteiger partial charge on any atom is -0.444 e. The van der Waals surface area contributed by atoms with Crippen molar-refractivity contribution in [1.82, 2.24) is 15.2 Å². The molecule has 2 aliphatic rings. The number of oxazole rings is 1. The summed E-state index contributed by atoms with van der Waals surface area (Å²) in [5.74, 6) is 2.41. The highest BCUT2D eigenvalue weighted by molar-refractivity contribution is 5.05. The average Bonchev–Trinajstić information content (AvgIpc) is 3.07. The van der Waals surface area contributed by atoms with E-state index >= 15 is 0 Å². The van der Waals surface area contributed by atoms with Gasteiger partial charge in [-0.05, 0) is 32.6 Å². The number of nitrogens with zero attached hydrogens (tertiary/aromatic N) is 2. The second-order valence-electron chi connectivity index (χ2n) is 7.34. The molecule has 2 heterocycles. The summed E-state index contributed by atoms with van der Waals surface area (Å²) in [5, 5.41) is 3.87. The zero-order valence-corrected chi connectivity index (χ0v) is 13.9. The van der Waals surface area contributed by atoms with Crippen molar-refractivity contribution in [3.8, 4) is 0 Å². The predicted molar refractivity (Wildman–Crippen MR) is 84.2 cm³/mol. The molecule has 1 aliphatic heterocycles. The van der Waals surface area contributed by atoms with Gasteiger partial charge in [0.1, 0.15) is 5.76 Å². The average molecular weight is 291 g/mol. The summed E-state index contributed by atoms with van der Waals surface area (Å²) in [7, 11) is 0. The third-order valence-corrected chi connectivity index (χ3v) is 5.42. The summed E-state index contributed by atoms with van der Waals surface area (Å²) < 4.78 is 5.80. The van der Waals surface area contributed by atoms with Gasteiger partial charge in [0.25, 0.3) is 0 Å². The van der Waals surface area contributed by atoms with Crippen LogP contribution in [0.5, 0.6) is 0 Å². The fourth-order valence-corrected chi connectivity index (χ4v) is 4.10. The van der Waals surface area contributed by atoms with Gasteiger partial charge in [-0.25, -0.2) is 4.98 Å². The Hall–Kier alpha value is -0.870. The first-order chi connectivity index (χ1) is 10.0. The SMILES string of the molecule is Cc1cnc(C(C)N2CC3(CCCC3)NCC2C(C)C)o1. The van der Waals surface area contributed by atoms with E-state index < -0.39 is 0 Å². The number of hydrogen-bond acceptors (Lipinski definition) is 4. The lowest BCUT2D eigenvalue weighted by molar-refractivity contribution is 0.0182. The maximum Gasteiger partial charge on any atom is 0.211 e. The van der Waals surface area contributed by atoms with Gasteiger partial charge in [-0.1, -0.05) is 26.7 Å². The first kappa shape index (κ1) is 15.0. The fourth-order valence-electron chi connectivity index (χ4n) is 4.10. The topological polar surface area (TPSA) is 41.3 Å². The van der Waals surface area contributed by atoms with E-state index in [1.54, 1.807) is 0 Å². The Morgan fingerprint density at radius 3 is 2.62 bits per heavy atom. The van der Waals surface area contributed by atoms with E-state index in [4.69, 9.17) is 4.42 Å². The zero-order chi connectivity index (χ0) is 15.0. The highest BCUT2D eigenvalue weighted by Gasteiger charge is 2.44. The van der Waals surface area contributed by atoms with Crippen molar-refractivity contribution in [1.29, 1.82) is 0 Å². The van der Waals surface area contributed by atoms with Gasteiger partial charge in [0.2, 0.25) is 5.89 Å². The lowest BCUT2D eigenvalue weighted by Crippen LogP contribution is -2.64. The zero-order valence-electron chi connectivity index (χ0n) is 13.9. The van der Waals surface area contributed by atoms with E-state index in [1.807, 2.05) is 13.1 Å². The maximum absolute atomic E-state index is 5.80. The number of piperazine rings is 1. The Morgan fingerprint density at radius 1 is 1.33 bits per heavy atom. The molecule has 3 rings (SSSR count). The first-order valence-corrected chi connectivity index (χ1v) is 8.44. The van der Waals surface area contributed by atoms with E-state index in [0.717, 1.165) is 24.7 Å². The van der Waals surface area contributed by atoms with Gasteiger partial charge in [0.15, 0.2) is 0 Å². The van der Waals surface area contributed by atoms with Crippen LogP contribution in [0.2, 0.25) is 0 Å². The lowest BCUT2D eigenvalue weighted by Gasteiger charge is -2.49. The molecule has 1 aromatic rings. The molecule has 1 spiro atoms. The molecule has 0 radical (unpaired) electrons. The molecular formula is C17H29N3O. The van der Waals surface area contributed by atoms with Crippen LogP contribution in [0.4, 0.5) is 0 Å². The molecule has 0 amide bonds. The molecule has 2 unspecified atom stereocenters. The molecule has 1 saturated heterocycles. The normalized spacial score (nSPS) is 27.6. The Morgan fingerprint density at radius 2 is 2.05 bits per heavy atom. The molecule has 0 bridgehead atoms. The van der Waals surface area contributed by atoms with E-state index in [-0.39, 0.29) is 6.04 Å². The lowest BCUT2D eigenvalue weighted by atomic mass is 9.88. The molecule has 1 aliphatic carbocycles. The number of hydrogen-bond donors (Lipinski definition) is 1. The van der Waals surface area contributed by atoms with Gasteiger partial charge in [0, 0.05) is 24.7 Å². The van der Waals surface area contributed by atoms with Crippen LogP contribution < -0.4 is 5.32 Å². The quantitative estimate of drug-likeness (QED) is 0.928. The van der Waals surface area contributed by atoms with Crippen molar-refractivity contribution in [2.24, 2.45) is 5.92 Å². The van der Waals surface area contributed by atoms with Crippen LogP contribution in [-0.2, 0) is 0 Å². The van der Waals surface area contributed by atoms with Gasteiger partial charge in [0.05, 0.1) is 12.2 Å². The monoisotopic (exact) mass is 291 g/mol. The smallest absolute Gasteiger partial charge is 0.211 e. The van der Waals surface area contributed by atoms with Crippen LogP contribution in [0, 0.1) is 12.8 Å². The summed E-state index contributed by atoms with van der Waals surface area (Å²) in [6.45, 7) is 11.1. The summed E-state index contributed by atoms with van der Waals surface area (Å²) in [5.41, 5.74) is 0.335. The van der Waals surface area contributed by atoms with E-state index in [9.17, 15) is 0 Å². The highest BCUT2D eigenvalue weighted by atomic mass is 16.4. The van der Waals surface area contributed by atoms with Crippen molar-refractivity contribution in [3.63, 3.8) is 0 Å². The second-order valence-corrected chi connectivity index (χ2v) is 7.34. The van der Waals surface area contributed by atoms with Crippen molar-refractivity contribution in [2.75, 3.05) is 13.1 Å². The molecule has 21 heavy (non-hydrogen) atoms. The Kier molecular flexibility index (Phi) is 4.10. The van der Waals surface area contributed by atoms with Gasteiger partial charge in [-0.2, -0.15) is 0 Å². The highest BCUT2D eigenvalue weighted by Crippen LogP contribution is 2.37. The van der Waals surface area contributed by atoms with Gasteiger partial charge >= 0.3 is 0 Å². The predicted octanol–water partition coefficient (Wildman–Crippen LogP) is 3.29. The Bertz CT molecular complexity index is 476. The van der Waals surface area contributed by atoms with Crippen molar-refractivity contribution in [2.45, 2.75) is 71.0 Å². The molecular weight excluding hydrogens is 262 g/mol. The maximum atomic E-state index is 5.80. The summed E-state index contributed by atoms with van der Waals surface area (Å²) >= 11 is 0. The van der Waals surface area contributed by atoms with Crippen molar-refractivity contribution < 1.29 is 4.42 Å². The summed E-state index contributed by atoms with van der Waals surface area (Å²) in [4.78, 5) is 7.11. The third kappa shape index (κ3) is 2.88. The fraction of sp³-hybridized carbons (Fsp3) is 0.824. The van der Waals surface area contributed by atoms with Crippen LogP contribution in [0.1, 0.15) is 64.1 Å². The number of nitrogens with one attached hydrogen (secondary N) is 1. The molecule has 4 nitrogen and oxygen atoms in total. The van der Waals surface area contributed by atoms with Crippen LogP contribution >= 0.6 is 0 Å². The minimum absolute atomic E-state index is 0.255. The molecule has 2 atom stereocenters. The number of aryl methyl sites for hydroxylation is 1. The number of rotatable bonds is 3. The first-order valence-electron chi connectivity index (χ1n) is 8.44. The molecule has 0 aromatic carbocycles. The van der Waals surface area contributed by atoms with Crippen LogP contribution in [0.15, 0.2) is 10.6 Å². The van der Waals surface area contributed by atoms with E-state index in [2.05, 4.69) is 36.0 Å². The molecule has 118 valence electrons. The van der Waals surface area contributed by atoms with Gasteiger partial charge < -0.3 is 9.73 Å². The molecule has 2 fully saturated rings. The molecule has 4 heteroatoms. The van der Waals surface area contributed by atoms with Crippen molar-refractivity contribution >= 4 is 0 Å². The minimum atomic E-state index is 0.255. The van der Waals surface area contributed by atoms with E-state index in [1.165, 1.54) is 25.7 Å². The second kappa shape index (κ2) is 5.73. The largest absolute Gasteiger partial charge is 0.444 e. The summed E-state index contributed by atoms with van der Waals surface area (Å²) in [6.07, 6.45) is 7.18. The molecule has 1 N–H and O–H groups in total. The van der Waals surface area contributed by atoms with Crippen LogP contribution in [0.3, 0.4) is 0 Å². The molecule has 1 aromatic heterocycles. The molecule has 1 saturated carbocycles. The van der Waals surface area contributed by atoms with Crippen molar-refractivity contribution in [3.05, 3.63) is 17.8 Å². The van der Waals surface area contributed by atoms with Crippen LogP contribution in [-0.4, -0.2) is 34.6 Å². The Labute approximate surface area is 128 Å². The number of aromatic nitrogens is 1. The van der Waals surface area contributed by atoms with Gasteiger partial charge in [-0.3, -0.25) is 4.90 Å². The van der Waals surface area contributed by atoms with E-state index in [0.29, 0.717) is 17.5 Å².